The van der Waals surface area contributed by atoms with Crippen LogP contribution in [0.1, 0.15) is 15.9 Å². The number of hydrogen-bond acceptors (Lipinski definition) is 3. The second-order valence-corrected chi connectivity index (χ2v) is 5.82. The van der Waals surface area contributed by atoms with Crippen molar-refractivity contribution in [1.82, 2.24) is 0 Å². The highest BCUT2D eigenvalue weighted by Gasteiger charge is 2.12. The fourth-order valence-corrected chi connectivity index (χ4v) is 2.79. The molecule has 2 aromatic rings. The van der Waals surface area contributed by atoms with Gasteiger partial charge in [0.05, 0.1) is 5.69 Å². The molecular weight excluding hydrogens is 340 g/mol. The topological polar surface area (TPSA) is 44.1 Å². The van der Waals surface area contributed by atoms with Gasteiger partial charge in [-0.2, -0.15) is 5.26 Å². The molecule has 22 heavy (non-hydrogen) atoms. The number of carbonyl (C=O) groups is 1. The zero-order valence-electron chi connectivity index (χ0n) is 12.4. The van der Waals surface area contributed by atoms with Crippen molar-refractivity contribution in [2.24, 2.45) is 0 Å². The van der Waals surface area contributed by atoms with Crippen LogP contribution in [0.2, 0.25) is 0 Å². The summed E-state index contributed by atoms with van der Waals surface area (Å²) < 4.78 is 0.913. The second-order valence-electron chi connectivity index (χ2n) is 4.97. The van der Waals surface area contributed by atoms with Gasteiger partial charge in [-0.3, -0.25) is 4.79 Å². The maximum atomic E-state index is 12.3. The summed E-state index contributed by atoms with van der Waals surface area (Å²) in [5, 5.41) is 9.27. The molecule has 0 saturated carbocycles. The third-order valence-corrected chi connectivity index (χ3v) is 3.80. The molecule has 0 aliphatic heterocycles. The Morgan fingerprint density at radius 1 is 1.18 bits per heavy atom. The Kier molecular flexibility index (Phi) is 5.13. The van der Waals surface area contributed by atoms with E-state index < -0.39 is 0 Å². The minimum absolute atomic E-state index is 0.121. The molecule has 0 heterocycles. The van der Waals surface area contributed by atoms with Crippen LogP contribution in [0, 0.1) is 11.3 Å². The molecule has 0 aliphatic rings. The van der Waals surface area contributed by atoms with E-state index in [1.54, 1.807) is 30.3 Å². The second kappa shape index (κ2) is 7.06. The van der Waals surface area contributed by atoms with Crippen LogP contribution in [-0.2, 0) is 0 Å². The smallest absolute Gasteiger partial charge is 0.203 e. The summed E-state index contributed by atoms with van der Waals surface area (Å²) in [5.41, 5.74) is 2.47. The maximum Gasteiger partial charge on any atom is 0.203 e. The van der Waals surface area contributed by atoms with E-state index in [4.69, 9.17) is 0 Å². The molecule has 0 radical (unpaired) electrons. The van der Waals surface area contributed by atoms with Gasteiger partial charge in [-0.05, 0) is 39.7 Å². The van der Waals surface area contributed by atoms with E-state index in [9.17, 15) is 10.1 Å². The number of rotatable bonds is 4. The van der Waals surface area contributed by atoms with E-state index in [1.807, 2.05) is 49.3 Å². The van der Waals surface area contributed by atoms with Crippen molar-refractivity contribution in [2.75, 3.05) is 19.0 Å². The number of nitrogens with zero attached hydrogens (tertiary/aromatic N) is 2. The van der Waals surface area contributed by atoms with E-state index in [1.165, 1.54) is 0 Å². The van der Waals surface area contributed by atoms with Gasteiger partial charge in [0.1, 0.15) is 11.6 Å². The fraction of sp³-hybridized carbons (Fsp3) is 0.111. The summed E-state index contributed by atoms with van der Waals surface area (Å²) in [6.45, 7) is 0. The normalized spacial score (nSPS) is 10.9. The first-order valence-electron chi connectivity index (χ1n) is 6.71. The number of ketones is 1. The molecular formula is C18H15BrN2O. The molecule has 0 atom stereocenters. The fourth-order valence-electron chi connectivity index (χ4n) is 2.04. The summed E-state index contributed by atoms with van der Waals surface area (Å²) in [6.07, 6.45) is 1.61. The average molecular weight is 355 g/mol. The number of carbonyl (C=O) groups excluding carboxylic acids is 1. The van der Waals surface area contributed by atoms with Crippen LogP contribution < -0.4 is 4.90 Å². The molecule has 110 valence electrons. The highest BCUT2D eigenvalue weighted by molar-refractivity contribution is 9.10. The van der Waals surface area contributed by atoms with Gasteiger partial charge in [0, 0.05) is 24.1 Å². The first-order chi connectivity index (χ1) is 10.5. The summed E-state index contributed by atoms with van der Waals surface area (Å²) >= 11 is 3.50. The van der Waals surface area contributed by atoms with Gasteiger partial charge in [-0.15, -0.1) is 0 Å². The Balaban J connectivity index is 2.36. The quantitative estimate of drug-likeness (QED) is 0.467. The summed E-state index contributed by atoms with van der Waals surface area (Å²) in [7, 11) is 3.91. The Morgan fingerprint density at radius 2 is 1.86 bits per heavy atom. The van der Waals surface area contributed by atoms with E-state index in [-0.39, 0.29) is 11.4 Å². The zero-order valence-corrected chi connectivity index (χ0v) is 14.0. The van der Waals surface area contributed by atoms with Crippen LogP contribution >= 0.6 is 15.9 Å². The van der Waals surface area contributed by atoms with Gasteiger partial charge in [0.2, 0.25) is 5.78 Å². The van der Waals surface area contributed by atoms with Crippen molar-refractivity contribution in [3.05, 3.63) is 69.7 Å². The van der Waals surface area contributed by atoms with Crippen molar-refractivity contribution in [3.63, 3.8) is 0 Å². The average Bonchev–Trinajstić information content (AvgIpc) is 2.52. The van der Waals surface area contributed by atoms with Gasteiger partial charge in [0.25, 0.3) is 0 Å². The van der Waals surface area contributed by atoms with E-state index in [2.05, 4.69) is 15.9 Å². The molecule has 3 nitrogen and oxygen atoms in total. The Bertz CT molecular complexity index is 758. The molecule has 0 spiro atoms. The van der Waals surface area contributed by atoms with Crippen LogP contribution in [-0.4, -0.2) is 19.9 Å². The van der Waals surface area contributed by atoms with Crippen LogP contribution in [0.15, 0.2) is 58.6 Å². The first-order valence-corrected chi connectivity index (χ1v) is 7.50. The van der Waals surface area contributed by atoms with Crippen molar-refractivity contribution < 1.29 is 4.79 Å². The number of halogens is 1. The number of nitriles is 1. The highest BCUT2D eigenvalue weighted by atomic mass is 79.9. The molecule has 0 saturated heterocycles. The molecule has 0 aliphatic carbocycles. The minimum Gasteiger partial charge on any atom is -0.377 e. The molecule has 0 unspecified atom stereocenters. The molecule has 0 N–H and O–H groups in total. The van der Waals surface area contributed by atoms with Gasteiger partial charge in [0.15, 0.2) is 0 Å². The van der Waals surface area contributed by atoms with Crippen molar-refractivity contribution >= 4 is 33.5 Å². The summed E-state index contributed by atoms with van der Waals surface area (Å²) in [5.74, 6) is -0.268. The highest BCUT2D eigenvalue weighted by Crippen LogP contribution is 2.27. The summed E-state index contributed by atoms with van der Waals surface area (Å²) in [4.78, 5) is 14.3. The van der Waals surface area contributed by atoms with Crippen LogP contribution in [0.3, 0.4) is 0 Å². The molecule has 0 bridgehead atoms. The molecule has 4 heteroatoms. The van der Waals surface area contributed by atoms with Crippen molar-refractivity contribution in [1.29, 1.82) is 5.26 Å². The molecule has 2 rings (SSSR count). The predicted octanol–water partition coefficient (Wildman–Crippen LogP) is 4.30. The van der Waals surface area contributed by atoms with Gasteiger partial charge in [-0.25, -0.2) is 0 Å². The lowest BCUT2D eigenvalue weighted by molar-refractivity contribution is 0.104. The van der Waals surface area contributed by atoms with E-state index >= 15 is 0 Å². The molecule has 0 fully saturated rings. The number of allylic oxidation sites excluding steroid dienone is 1. The predicted molar refractivity (Wildman–Crippen MR) is 92.8 cm³/mol. The van der Waals surface area contributed by atoms with Crippen molar-refractivity contribution in [3.8, 4) is 6.07 Å². The molecule has 2 aromatic carbocycles. The Morgan fingerprint density at radius 3 is 2.41 bits per heavy atom. The van der Waals surface area contributed by atoms with E-state index in [0.29, 0.717) is 5.56 Å². The molecule has 0 aromatic heterocycles. The lowest BCUT2D eigenvalue weighted by atomic mass is 10.0. The monoisotopic (exact) mass is 354 g/mol. The maximum absolute atomic E-state index is 12.3. The zero-order chi connectivity index (χ0) is 16.1. The van der Waals surface area contributed by atoms with Crippen LogP contribution in [0.4, 0.5) is 5.69 Å². The number of hydrogen-bond donors (Lipinski definition) is 0. The van der Waals surface area contributed by atoms with Crippen molar-refractivity contribution in [2.45, 2.75) is 0 Å². The van der Waals surface area contributed by atoms with Crippen LogP contribution in [0.25, 0.3) is 6.08 Å². The van der Waals surface area contributed by atoms with E-state index in [0.717, 1.165) is 15.7 Å². The SMILES string of the molecule is CN(C)c1ccc(/C=C(/C#N)C(=O)c2ccccc2)cc1Br. The Labute approximate surface area is 138 Å². The Hall–Kier alpha value is -2.38. The third kappa shape index (κ3) is 3.63. The number of Topliss-reactive ketones (excluding diaryl/α,β-unsaturated/α-hetero) is 1. The largest absolute Gasteiger partial charge is 0.377 e. The number of benzene rings is 2. The lowest BCUT2D eigenvalue weighted by Crippen LogP contribution is -2.09. The minimum atomic E-state index is -0.268. The molecule has 0 amide bonds. The van der Waals surface area contributed by atoms with Crippen LogP contribution in [0.5, 0.6) is 0 Å². The van der Waals surface area contributed by atoms with Gasteiger partial charge in [-0.1, -0.05) is 36.4 Å². The standard InChI is InChI=1S/C18H15BrN2O/c1-21(2)17-9-8-13(11-16(17)19)10-15(12-20)18(22)14-6-4-3-5-7-14/h3-11H,1-2H3/b15-10-. The lowest BCUT2D eigenvalue weighted by Gasteiger charge is -2.14. The van der Waals surface area contributed by atoms with Gasteiger partial charge >= 0.3 is 0 Å². The van der Waals surface area contributed by atoms with Gasteiger partial charge < -0.3 is 4.90 Å². The first kappa shape index (κ1) is 16.0. The summed E-state index contributed by atoms with van der Waals surface area (Å²) in [6, 6.07) is 16.5. The third-order valence-electron chi connectivity index (χ3n) is 3.17. The number of anilines is 1.